The number of benzene rings is 1. The number of hydrogen-bond acceptors (Lipinski definition) is 1. The summed E-state index contributed by atoms with van der Waals surface area (Å²) < 4.78 is 0. The molecule has 4 heteroatoms. The van der Waals surface area contributed by atoms with Crippen LogP contribution in [0.1, 0.15) is 45.1 Å². The lowest BCUT2D eigenvalue weighted by Gasteiger charge is -2.26. The maximum atomic E-state index is 12.3. The molecule has 1 amide bonds. The van der Waals surface area contributed by atoms with E-state index in [1.54, 1.807) is 6.07 Å². The van der Waals surface area contributed by atoms with Crippen molar-refractivity contribution in [3.63, 3.8) is 0 Å². The van der Waals surface area contributed by atoms with Crippen molar-refractivity contribution in [1.82, 2.24) is 0 Å². The summed E-state index contributed by atoms with van der Waals surface area (Å²) in [5.74, 6) is 0.0533. The zero-order chi connectivity index (χ0) is 13.3. The number of hydrogen-bond donors (Lipinski definition) is 1. The first-order valence-electron chi connectivity index (χ1n) is 6.36. The third-order valence-electron chi connectivity index (χ3n) is 3.80. The van der Waals surface area contributed by atoms with Crippen LogP contribution in [0.2, 0.25) is 10.0 Å². The second-order valence-electron chi connectivity index (χ2n) is 4.80. The van der Waals surface area contributed by atoms with E-state index in [1.807, 2.05) is 13.0 Å². The SMILES string of the molecule is CCCCC1(CC)C(=O)Nc2c(Cl)cc(Cl)cc21. The molecule has 0 aliphatic carbocycles. The molecule has 0 aromatic heterocycles. The first kappa shape index (κ1) is 13.7. The number of carbonyl (C=O) groups excluding carboxylic acids is 1. The lowest BCUT2D eigenvalue weighted by molar-refractivity contribution is -0.121. The van der Waals surface area contributed by atoms with Crippen molar-refractivity contribution in [2.24, 2.45) is 0 Å². The van der Waals surface area contributed by atoms with Crippen LogP contribution < -0.4 is 5.32 Å². The second-order valence-corrected chi connectivity index (χ2v) is 5.65. The largest absolute Gasteiger partial charge is 0.324 e. The highest BCUT2D eigenvalue weighted by molar-refractivity contribution is 6.37. The van der Waals surface area contributed by atoms with Gasteiger partial charge in [0.15, 0.2) is 0 Å². The fraction of sp³-hybridized carbons (Fsp3) is 0.500. The van der Waals surface area contributed by atoms with Crippen LogP contribution in [0.5, 0.6) is 0 Å². The topological polar surface area (TPSA) is 29.1 Å². The van der Waals surface area contributed by atoms with E-state index in [1.165, 1.54) is 0 Å². The van der Waals surface area contributed by atoms with Gasteiger partial charge in [-0.25, -0.2) is 0 Å². The quantitative estimate of drug-likeness (QED) is 0.847. The third-order valence-corrected chi connectivity index (χ3v) is 4.32. The Kier molecular flexibility index (Phi) is 3.88. The predicted octanol–water partition coefficient (Wildman–Crippen LogP) is 4.78. The predicted molar refractivity (Wildman–Crippen MR) is 76.6 cm³/mol. The van der Waals surface area contributed by atoms with Gasteiger partial charge < -0.3 is 5.32 Å². The summed E-state index contributed by atoms with van der Waals surface area (Å²) in [5, 5.41) is 4.03. The van der Waals surface area contributed by atoms with E-state index in [4.69, 9.17) is 23.2 Å². The minimum Gasteiger partial charge on any atom is -0.324 e. The van der Waals surface area contributed by atoms with Gasteiger partial charge in [0, 0.05) is 5.02 Å². The van der Waals surface area contributed by atoms with Gasteiger partial charge in [-0.3, -0.25) is 4.79 Å². The highest BCUT2D eigenvalue weighted by atomic mass is 35.5. The maximum absolute atomic E-state index is 12.3. The Balaban J connectivity index is 2.54. The van der Waals surface area contributed by atoms with Crippen LogP contribution in [0.4, 0.5) is 5.69 Å². The van der Waals surface area contributed by atoms with Crippen LogP contribution in [0, 0.1) is 0 Å². The molecule has 1 heterocycles. The van der Waals surface area contributed by atoms with E-state index < -0.39 is 5.41 Å². The minimum atomic E-state index is -0.458. The van der Waals surface area contributed by atoms with Crippen LogP contribution in [0.25, 0.3) is 0 Å². The lowest BCUT2D eigenvalue weighted by atomic mass is 9.75. The van der Waals surface area contributed by atoms with E-state index in [0.717, 1.165) is 36.9 Å². The highest BCUT2D eigenvalue weighted by Gasteiger charge is 2.45. The lowest BCUT2D eigenvalue weighted by Crippen LogP contribution is -2.33. The standard InChI is InChI=1S/C14H17Cl2NO/c1-3-5-6-14(4-2)10-7-9(15)8-11(16)12(10)17-13(14)18/h7-8H,3-6H2,1-2H3,(H,17,18). The van der Waals surface area contributed by atoms with Crippen molar-refractivity contribution in [1.29, 1.82) is 0 Å². The van der Waals surface area contributed by atoms with Crippen LogP contribution in [-0.4, -0.2) is 5.91 Å². The molecular weight excluding hydrogens is 269 g/mol. The molecule has 98 valence electrons. The molecule has 1 aromatic carbocycles. The Hall–Kier alpha value is -0.730. The molecule has 1 unspecified atom stereocenters. The van der Waals surface area contributed by atoms with E-state index in [9.17, 15) is 4.79 Å². The summed E-state index contributed by atoms with van der Waals surface area (Å²) in [6.45, 7) is 4.17. The van der Waals surface area contributed by atoms with Gasteiger partial charge in [0.25, 0.3) is 0 Å². The molecule has 2 nitrogen and oxygen atoms in total. The van der Waals surface area contributed by atoms with Crippen molar-refractivity contribution in [2.45, 2.75) is 44.9 Å². The molecule has 0 saturated heterocycles. The Morgan fingerprint density at radius 1 is 1.28 bits per heavy atom. The number of anilines is 1. The van der Waals surface area contributed by atoms with Gasteiger partial charge >= 0.3 is 0 Å². The molecule has 0 bridgehead atoms. The first-order valence-corrected chi connectivity index (χ1v) is 7.11. The normalized spacial score (nSPS) is 21.9. The summed E-state index contributed by atoms with van der Waals surface area (Å²) in [4.78, 5) is 12.3. The molecular formula is C14H17Cl2NO. The average molecular weight is 286 g/mol. The summed E-state index contributed by atoms with van der Waals surface area (Å²) in [6.07, 6.45) is 3.70. The van der Waals surface area contributed by atoms with Gasteiger partial charge in [-0.1, -0.05) is 49.9 Å². The molecule has 0 spiro atoms. The molecule has 0 fully saturated rings. The van der Waals surface area contributed by atoms with Crippen molar-refractivity contribution in [2.75, 3.05) is 5.32 Å². The van der Waals surface area contributed by atoms with E-state index >= 15 is 0 Å². The molecule has 0 saturated carbocycles. The van der Waals surface area contributed by atoms with Gasteiger partial charge in [-0.15, -0.1) is 0 Å². The van der Waals surface area contributed by atoms with Gasteiger partial charge in [-0.2, -0.15) is 0 Å². The summed E-state index contributed by atoms with van der Waals surface area (Å²) in [6, 6.07) is 3.55. The monoisotopic (exact) mass is 285 g/mol. The third kappa shape index (κ3) is 2.02. The van der Waals surface area contributed by atoms with Crippen molar-refractivity contribution in [3.05, 3.63) is 27.7 Å². The Bertz CT molecular complexity index is 487. The van der Waals surface area contributed by atoms with Crippen LogP contribution in [-0.2, 0) is 10.2 Å². The zero-order valence-electron chi connectivity index (χ0n) is 10.6. The van der Waals surface area contributed by atoms with E-state index in [-0.39, 0.29) is 5.91 Å². The zero-order valence-corrected chi connectivity index (χ0v) is 12.2. The van der Waals surface area contributed by atoms with Gasteiger partial charge in [0.1, 0.15) is 0 Å². The number of rotatable bonds is 4. The molecule has 1 atom stereocenters. The molecule has 18 heavy (non-hydrogen) atoms. The fourth-order valence-corrected chi connectivity index (χ4v) is 3.23. The number of halogens is 2. The van der Waals surface area contributed by atoms with Gasteiger partial charge in [0.2, 0.25) is 5.91 Å². The van der Waals surface area contributed by atoms with Gasteiger partial charge in [-0.05, 0) is 30.5 Å². The second kappa shape index (κ2) is 5.10. The van der Waals surface area contributed by atoms with E-state index in [0.29, 0.717) is 10.0 Å². The summed E-state index contributed by atoms with van der Waals surface area (Å²) in [7, 11) is 0. The molecule has 1 N–H and O–H groups in total. The van der Waals surface area contributed by atoms with Crippen molar-refractivity contribution in [3.8, 4) is 0 Å². The van der Waals surface area contributed by atoms with E-state index in [2.05, 4.69) is 12.2 Å². The molecule has 2 rings (SSSR count). The number of amides is 1. The molecule has 1 aliphatic rings. The number of nitrogens with one attached hydrogen (secondary N) is 1. The van der Waals surface area contributed by atoms with Crippen molar-refractivity contribution < 1.29 is 4.79 Å². The maximum Gasteiger partial charge on any atom is 0.235 e. The average Bonchev–Trinajstić information content (AvgIpc) is 2.61. The van der Waals surface area contributed by atoms with Gasteiger partial charge in [0.05, 0.1) is 16.1 Å². The highest BCUT2D eigenvalue weighted by Crippen LogP contribution is 2.47. The molecule has 0 radical (unpaired) electrons. The van der Waals surface area contributed by atoms with Crippen LogP contribution in [0.3, 0.4) is 0 Å². The summed E-state index contributed by atoms with van der Waals surface area (Å²) in [5.41, 5.74) is 1.24. The number of fused-ring (bicyclic) bond motifs is 1. The minimum absolute atomic E-state index is 0.0533. The smallest absolute Gasteiger partial charge is 0.235 e. The molecule has 1 aromatic rings. The van der Waals surface area contributed by atoms with Crippen LogP contribution in [0.15, 0.2) is 12.1 Å². The Morgan fingerprint density at radius 3 is 2.61 bits per heavy atom. The number of unbranched alkanes of at least 4 members (excludes halogenated alkanes) is 1. The Morgan fingerprint density at radius 2 is 2.00 bits per heavy atom. The number of carbonyl (C=O) groups is 1. The molecule has 1 aliphatic heterocycles. The fourth-order valence-electron chi connectivity index (χ4n) is 2.69. The first-order chi connectivity index (χ1) is 8.55. The van der Waals surface area contributed by atoms with Crippen LogP contribution >= 0.6 is 23.2 Å². The Labute approximate surface area is 118 Å². The summed E-state index contributed by atoms with van der Waals surface area (Å²) >= 11 is 12.2. The van der Waals surface area contributed by atoms with Crippen molar-refractivity contribution >= 4 is 34.8 Å².